The average Bonchev–Trinajstić information content (AvgIpc) is 2.87. The van der Waals surface area contributed by atoms with Gasteiger partial charge in [0.15, 0.2) is 0 Å². The lowest BCUT2D eigenvalue weighted by molar-refractivity contribution is -0.147. The van der Waals surface area contributed by atoms with E-state index in [0.717, 1.165) is 25.1 Å². The molecule has 1 aliphatic carbocycles. The number of ether oxygens (including phenoxy) is 1. The first-order valence-corrected chi connectivity index (χ1v) is 7.42. The fourth-order valence-electron chi connectivity index (χ4n) is 3.03. The van der Waals surface area contributed by atoms with Gasteiger partial charge >= 0.3 is 5.97 Å². The Morgan fingerprint density at radius 1 is 1.25 bits per heavy atom. The lowest BCUT2D eigenvalue weighted by atomic mass is 9.99. The van der Waals surface area contributed by atoms with Crippen molar-refractivity contribution in [1.29, 1.82) is 0 Å². The standard InChI is InChI=1S/C16H21NO3/c18-16(19)13-10-17(11-13)9-12-5-1-4-8-15(12)20-14-6-2-3-7-14/h1,4-5,8,13-14H,2-3,6-7,9-11H2,(H,18,19). The Labute approximate surface area is 119 Å². The highest BCUT2D eigenvalue weighted by molar-refractivity contribution is 5.71. The van der Waals surface area contributed by atoms with Gasteiger partial charge in [-0.05, 0) is 31.7 Å². The van der Waals surface area contributed by atoms with Crippen molar-refractivity contribution >= 4 is 5.97 Å². The maximum absolute atomic E-state index is 10.8. The number of benzene rings is 1. The van der Waals surface area contributed by atoms with Gasteiger partial charge in [0.05, 0.1) is 12.0 Å². The van der Waals surface area contributed by atoms with Crippen molar-refractivity contribution in [3.05, 3.63) is 29.8 Å². The van der Waals surface area contributed by atoms with Gasteiger partial charge in [-0.15, -0.1) is 0 Å². The van der Waals surface area contributed by atoms with Gasteiger partial charge in [0, 0.05) is 25.2 Å². The van der Waals surface area contributed by atoms with Crippen molar-refractivity contribution in [1.82, 2.24) is 4.90 Å². The third-order valence-corrected chi connectivity index (χ3v) is 4.27. The summed E-state index contributed by atoms with van der Waals surface area (Å²) in [4.78, 5) is 13.0. The van der Waals surface area contributed by atoms with Crippen LogP contribution >= 0.6 is 0 Å². The van der Waals surface area contributed by atoms with E-state index in [1.807, 2.05) is 18.2 Å². The molecule has 0 unspecified atom stereocenters. The first-order chi connectivity index (χ1) is 9.72. The summed E-state index contributed by atoms with van der Waals surface area (Å²) in [6.07, 6.45) is 5.19. The monoisotopic (exact) mass is 275 g/mol. The fourth-order valence-corrected chi connectivity index (χ4v) is 3.03. The van der Waals surface area contributed by atoms with Crippen LogP contribution in [0.15, 0.2) is 24.3 Å². The number of carbonyl (C=O) groups is 1. The molecule has 0 spiro atoms. The topological polar surface area (TPSA) is 49.8 Å². The minimum Gasteiger partial charge on any atom is -0.490 e. The van der Waals surface area contributed by atoms with Crippen LogP contribution in [0, 0.1) is 5.92 Å². The summed E-state index contributed by atoms with van der Waals surface area (Å²) in [5.74, 6) is 0.0906. The largest absolute Gasteiger partial charge is 0.490 e. The van der Waals surface area contributed by atoms with E-state index >= 15 is 0 Å². The zero-order chi connectivity index (χ0) is 13.9. The van der Waals surface area contributed by atoms with Gasteiger partial charge in [0.25, 0.3) is 0 Å². The molecule has 3 rings (SSSR count). The molecule has 1 N–H and O–H groups in total. The summed E-state index contributed by atoms with van der Waals surface area (Å²) < 4.78 is 6.11. The summed E-state index contributed by atoms with van der Waals surface area (Å²) in [5, 5.41) is 8.91. The van der Waals surface area contributed by atoms with Gasteiger partial charge < -0.3 is 9.84 Å². The lowest BCUT2D eigenvalue weighted by Crippen LogP contribution is -2.49. The van der Waals surface area contributed by atoms with E-state index in [1.54, 1.807) is 0 Å². The maximum Gasteiger partial charge on any atom is 0.309 e. The Balaban J connectivity index is 1.60. The molecule has 0 radical (unpaired) electrons. The van der Waals surface area contributed by atoms with Crippen LogP contribution in [0.2, 0.25) is 0 Å². The Morgan fingerprint density at radius 3 is 2.65 bits per heavy atom. The molecule has 1 saturated heterocycles. The second-order valence-corrected chi connectivity index (χ2v) is 5.86. The van der Waals surface area contributed by atoms with Crippen LogP contribution in [0.1, 0.15) is 31.2 Å². The number of nitrogens with zero attached hydrogens (tertiary/aromatic N) is 1. The van der Waals surface area contributed by atoms with Crippen LogP contribution in [-0.2, 0) is 11.3 Å². The molecule has 0 atom stereocenters. The number of carboxylic acid groups (broad SMARTS) is 1. The molecule has 4 nitrogen and oxygen atoms in total. The van der Waals surface area contributed by atoms with E-state index in [1.165, 1.54) is 18.4 Å². The van der Waals surface area contributed by atoms with Crippen LogP contribution in [0.5, 0.6) is 5.75 Å². The number of aliphatic carboxylic acids is 1. The van der Waals surface area contributed by atoms with Crippen molar-refractivity contribution in [2.75, 3.05) is 13.1 Å². The minimum atomic E-state index is -0.684. The number of likely N-dealkylation sites (tertiary alicyclic amines) is 1. The van der Waals surface area contributed by atoms with Crippen LogP contribution in [0.3, 0.4) is 0 Å². The highest BCUT2D eigenvalue weighted by Gasteiger charge is 2.32. The molecule has 4 heteroatoms. The van der Waals surface area contributed by atoms with Gasteiger partial charge in [0.2, 0.25) is 0 Å². The molecule has 0 bridgehead atoms. The van der Waals surface area contributed by atoms with Crippen LogP contribution in [0.4, 0.5) is 0 Å². The number of rotatable bonds is 5. The van der Waals surface area contributed by atoms with Crippen LogP contribution in [0.25, 0.3) is 0 Å². The van der Waals surface area contributed by atoms with Crippen molar-refractivity contribution < 1.29 is 14.6 Å². The SMILES string of the molecule is O=C(O)C1CN(Cc2ccccc2OC2CCCC2)C1. The Kier molecular flexibility index (Phi) is 3.92. The summed E-state index contributed by atoms with van der Waals surface area (Å²) in [6, 6.07) is 8.13. The molecule has 2 fully saturated rings. The van der Waals surface area contributed by atoms with E-state index < -0.39 is 5.97 Å². The quantitative estimate of drug-likeness (QED) is 0.897. The molecule has 1 aromatic carbocycles. The zero-order valence-corrected chi connectivity index (χ0v) is 11.6. The summed E-state index contributed by atoms with van der Waals surface area (Å²) >= 11 is 0. The molecule has 0 amide bonds. The number of para-hydroxylation sites is 1. The lowest BCUT2D eigenvalue weighted by Gasteiger charge is -2.37. The van der Waals surface area contributed by atoms with Gasteiger partial charge in [-0.2, -0.15) is 0 Å². The van der Waals surface area contributed by atoms with Gasteiger partial charge in [-0.3, -0.25) is 9.69 Å². The average molecular weight is 275 g/mol. The first kappa shape index (κ1) is 13.4. The fraction of sp³-hybridized carbons (Fsp3) is 0.562. The predicted octanol–water partition coefficient (Wildman–Crippen LogP) is 2.52. The van der Waals surface area contributed by atoms with Gasteiger partial charge in [-0.25, -0.2) is 0 Å². The zero-order valence-electron chi connectivity index (χ0n) is 11.6. The van der Waals surface area contributed by atoms with E-state index in [0.29, 0.717) is 19.2 Å². The second-order valence-electron chi connectivity index (χ2n) is 5.86. The van der Waals surface area contributed by atoms with Gasteiger partial charge in [-0.1, -0.05) is 18.2 Å². The Bertz CT molecular complexity index is 476. The summed E-state index contributed by atoms with van der Waals surface area (Å²) in [5.41, 5.74) is 1.17. The molecular weight excluding hydrogens is 254 g/mol. The van der Waals surface area contributed by atoms with E-state index in [9.17, 15) is 4.79 Å². The predicted molar refractivity (Wildman–Crippen MR) is 75.7 cm³/mol. The van der Waals surface area contributed by atoms with Crippen molar-refractivity contribution in [2.24, 2.45) is 5.92 Å². The third-order valence-electron chi connectivity index (χ3n) is 4.27. The minimum absolute atomic E-state index is 0.196. The third kappa shape index (κ3) is 2.96. The molecule has 1 saturated carbocycles. The van der Waals surface area contributed by atoms with Crippen LogP contribution in [-0.4, -0.2) is 35.2 Å². The number of hydrogen-bond acceptors (Lipinski definition) is 3. The van der Waals surface area contributed by atoms with E-state index in [-0.39, 0.29) is 5.92 Å². The molecule has 1 aliphatic heterocycles. The Hall–Kier alpha value is -1.55. The Morgan fingerprint density at radius 2 is 1.95 bits per heavy atom. The highest BCUT2D eigenvalue weighted by atomic mass is 16.5. The molecule has 0 aromatic heterocycles. The maximum atomic E-state index is 10.8. The van der Waals surface area contributed by atoms with E-state index in [4.69, 9.17) is 9.84 Å². The molecule has 20 heavy (non-hydrogen) atoms. The number of hydrogen-bond donors (Lipinski definition) is 1. The first-order valence-electron chi connectivity index (χ1n) is 7.42. The molecule has 2 aliphatic rings. The molecule has 1 aromatic rings. The number of carboxylic acids is 1. The van der Waals surface area contributed by atoms with Crippen molar-refractivity contribution in [3.63, 3.8) is 0 Å². The van der Waals surface area contributed by atoms with Gasteiger partial charge in [0.1, 0.15) is 5.75 Å². The highest BCUT2D eigenvalue weighted by Crippen LogP contribution is 2.28. The van der Waals surface area contributed by atoms with Crippen LogP contribution < -0.4 is 4.74 Å². The summed E-state index contributed by atoms with van der Waals surface area (Å²) in [6.45, 7) is 2.08. The van der Waals surface area contributed by atoms with Crippen molar-refractivity contribution in [2.45, 2.75) is 38.3 Å². The second kappa shape index (κ2) is 5.83. The molecule has 108 valence electrons. The molecule has 1 heterocycles. The summed E-state index contributed by atoms with van der Waals surface area (Å²) in [7, 11) is 0. The smallest absolute Gasteiger partial charge is 0.309 e. The van der Waals surface area contributed by atoms with Crippen molar-refractivity contribution in [3.8, 4) is 5.75 Å². The molecular formula is C16H21NO3. The van der Waals surface area contributed by atoms with E-state index in [2.05, 4.69) is 11.0 Å². The normalized spacial score (nSPS) is 20.8.